The number of hydrogen-bond donors (Lipinski definition) is 2. The molecule has 0 aliphatic carbocycles. The molecule has 0 aliphatic rings. The van der Waals surface area contributed by atoms with E-state index in [0.717, 1.165) is 13.0 Å². The molecule has 2 N–H and O–H groups in total. The summed E-state index contributed by atoms with van der Waals surface area (Å²) in [4.78, 5) is 23.9. The molecule has 7 heteroatoms. The van der Waals surface area contributed by atoms with Crippen LogP contribution in [0.5, 0.6) is 0 Å². The Morgan fingerprint density at radius 1 is 1.35 bits per heavy atom. The SMILES string of the molecule is CC(Sc1ccccc1C(=O)NCCCn1cccn1)C(=O)O. The molecular formula is C16H19N3O3S. The van der Waals surface area contributed by atoms with Crippen LogP contribution < -0.4 is 5.32 Å². The van der Waals surface area contributed by atoms with Crippen molar-refractivity contribution in [2.24, 2.45) is 0 Å². The molecule has 1 atom stereocenters. The summed E-state index contributed by atoms with van der Waals surface area (Å²) in [6.45, 7) is 2.87. The lowest BCUT2D eigenvalue weighted by Crippen LogP contribution is -2.26. The number of carboxylic acid groups (broad SMARTS) is 1. The lowest BCUT2D eigenvalue weighted by atomic mass is 10.2. The Labute approximate surface area is 138 Å². The number of carbonyl (C=O) groups excluding carboxylic acids is 1. The van der Waals surface area contributed by atoms with Gasteiger partial charge in [-0.25, -0.2) is 0 Å². The van der Waals surface area contributed by atoms with Gasteiger partial charge in [0, 0.05) is 30.4 Å². The number of aliphatic carboxylic acids is 1. The molecule has 1 amide bonds. The van der Waals surface area contributed by atoms with Crippen LogP contribution >= 0.6 is 11.8 Å². The van der Waals surface area contributed by atoms with Gasteiger partial charge in [-0.15, -0.1) is 11.8 Å². The maximum atomic E-state index is 12.3. The molecule has 1 heterocycles. The molecule has 1 aromatic heterocycles. The van der Waals surface area contributed by atoms with Gasteiger partial charge >= 0.3 is 5.97 Å². The molecule has 2 aromatic rings. The van der Waals surface area contributed by atoms with Crippen LogP contribution in [-0.4, -0.2) is 38.6 Å². The lowest BCUT2D eigenvalue weighted by molar-refractivity contribution is -0.136. The van der Waals surface area contributed by atoms with Crippen molar-refractivity contribution < 1.29 is 14.7 Å². The molecule has 6 nitrogen and oxygen atoms in total. The topological polar surface area (TPSA) is 84.2 Å². The second-order valence-electron chi connectivity index (χ2n) is 4.97. The highest BCUT2D eigenvalue weighted by atomic mass is 32.2. The normalized spacial score (nSPS) is 11.9. The van der Waals surface area contributed by atoms with Crippen molar-refractivity contribution in [3.05, 3.63) is 48.3 Å². The fourth-order valence-corrected chi connectivity index (χ4v) is 2.90. The number of aryl methyl sites for hydroxylation is 1. The number of carbonyl (C=O) groups is 2. The zero-order valence-corrected chi connectivity index (χ0v) is 13.6. The predicted octanol–water partition coefficient (Wildman–Crippen LogP) is 2.27. The smallest absolute Gasteiger partial charge is 0.316 e. The van der Waals surface area contributed by atoms with E-state index in [1.807, 2.05) is 16.9 Å². The molecule has 0 bridgehead atoms. The van der Waals surface area contributed by atoms with Gasteiger partial charge in [0.2, 0.25) is 0 Å². The standard InChI is InChI=1S/C16H19N3O3S/c1-12(16(21)22)23-14-7-3-2-6-13(14)15(20)17-8-4-10-19-11-5-9-18-19/h2-3,5-7,9,11-12H,4,8,10H2,1H3,(H,17,20)(H,21,22). The quantitative estimate of drug-likeness (QED) is 0.572. The van der Waals surface area contributed by atoms with Gasteiger partial charge in [0.25, 0.3) is 5.91 Å². The van der Waals surface area contributed by atoms with Crippen molar-refractivity contribution in [2.45, 2.75) is 30.0 Å². The molecule has 0 fully saturated rings. The van der Waals surface area contributed by atoms with E-state index >= 15 is 0 Å². The number of benzene rings is 1. The third-order valence-corrected chi connectivity index (χ3v) is 4.36. The highest BCUT2D eigenvalue weighted by Gasteiger charge is 2.17. The van der Waals surface area contributed by atoms with Crippen LogP contribution in [-0.2, 0) is 11.3 Å². The number of aromatic nitrogens is 2. The highest BCUT2D eigenvalue weighted by molar-refractivity contribution is 8.00. The Kier molecular flexibility index (Phi) is 6.22. The van der Waals surface area contributed by atoms with Crippen molar-refractivity contribution in [3.63, 3.8) is 0 Å². The maximum Gasteiger partial charge on any atom is 0.316 e. The Morgan fingerprint density at radius 2 is 2.13 bits per heavy atom. The van der Waals surface area contributed by atoms with E-state index in [0.29, 0.717) is 17.0 Å². The van der Waals surface area contributed by atoms with E-state index in [2.05, 4.69) is 10.4 Å². The first-order chi connectivity index (χ1) is 11.1. The third-order valence-electron chi connectivity index (χ3n) is 3.19. The first kappa shape index (κ1) is 17.1. The Balaban J connectivity index is 1.89. The summed E-state index contributed by atoms with van der Waals surface area (Å²) in [5, 5.41) is 15.4. The molecule has 23 heavy (non-hydrogen) atoms. The average Bonchev–Trinajstić information content (AvgIpc) is 3.05. The minimum absolute atomic E-state index is 0.189. The number of hydrogen-bond acceptors (Lipinski definition) is 4. The molecule has 1 unspecified atom stereocenters. The van der Waals surface area contributed by atoms with Crippen molar-refractivity contribution in [2.75, 3.05) is 6.54 Å². The average molecular weight is 333 g/mol. The van der Waals surface area contributed by atoms with Crippen molar-refractivity contribution in [1.29, 1.82) is 0 Å². The number of amides is 1. The molecule has 0 saturated heterocycles. The minimum Gasteiger partial charge on any atom is -0.480 e. The first-order valence-electron chi connectivity index (χ1n) is 7.32. The number of nitrogens with one attached hydrogen (secondary N) is 1. The molecular weight excluding hydrogens is 314 g/mol. The van der Waals surface area contributed by atoms with Gasteiger partial charge in [-0.2, -0.15) is 5.10 Å². The summed E-state index contributed by atoms with van der Waals surface area (Å²) in [6.07, 6.45) is 4.37. The molecule has 2 rings (SSSR count). The fraction of sp³-hybridized carbons (Fsp3) is 0.312. The van der Waals surface area contributed by atoms with Crippen LogP contribution in [0.25, 0.3) is 0 Å². The van der Waals surface area contributed by atoms with Gasteiger partial charge in [0.05, 0.1) is 5.56 Å². The van der Waals surface area contributed by atoms with Crippen molar-refractivity contribution in [3.8, 4) is 0 Å². The Hall–Kier alpha value is -2.28. The van der Waals surface area contributed by atoms with Crippen LogP contribution in [0.3, 0.4) is 0 Å². The zero-order valence-electron chi connectivity index (χ0n) is 12.8. The summed E-state index contributed by atoms with van der Waals surface area (Å²) >= 11 is 1.17. The summed E-state index contributed by atoms with van der Waals surface area (Å²) in [5.41, 5.74) is 0.504. The molecule has 1 aromatic carbocycles. The third kappa shape index (κ3) is 5.14. The maximum absolute atomic E-state index is 12.3. The monoisotopic (exact) mass is 333 g/mol. The lowest BCUT2D eigenvalue weighted by Gasteiger charge is -2.11. The van der Waals surface area contributed by atoms with Gasteiger partial charge in [-0.1, -0.05) is 12.1 Å². The summed E-state index contributed by atoms with van der Waals surface area (Å²) in [5.74, 6) is -1.09. The molecule has 0 aliphatic heterocycles. The molecule has 0 radical (unpaired) electrons. The minimum atomic E-state index is -0.899. The van der Waals surface area contributed by atoms with Crippen molar-refractivity contribution in [1.82, 2.24) is 15.1 Å². The van der Waals surface area contributed by atoms with E-state index < -0.39 is 11.2 Å². The van der Waals surface area contributed by atoms with E-state index in [4.69, 9.17) is 5.11 Å². The van der Waals surface area contributed by atoms with Crippen LogP contribution in [0.15, 0.2) is 47.6 Å². The van der Waals surface area contributed by atoms with Crippen LogP contribution in [0, 0.1) is 0 Å². The zero-order chi connectivity index (χ0) is 16.7. The number of carboxylic acids is 1. The van der Waals surface area contributed by atoms with Crippen LogP contribution in [0.4, 0.5) is 0 Å². The first-order valence-corrected chi connectivity index (χ1v) is 8.20. The van der Waals surface area contributed by atoms with E-state index in [1.165, 1.54) is 11.8 Å². The predicted molar refractivity (Wildman–Crippen MR) is 88.6 cm³/mol. The van der Waals surface area contributed by atoms with Gasteiger partial charge in [0.15, 0.2) is 0 Å². The van der Waals surface area contributed by atoms with Crippen molar-refractivity contribution >= 4 is 23.6 Å². The molecule has 0 spiro atoms. The highest BCUT2D eigenvalue weighted by Crippen LogP contribution is 2.26. The van der Waals surface area contributed by atoms with E-state index in [-0.39, 0.29) is 5.91 Å². The molecule has 122 valence electrons. The number of nitrogens with zero attached hydrogens (tertiary/aromatic N) is 2. The van der Waals surface area contributed by atoms with Gasteiger partial charge in [-0.05, 0) is 31.5 Å². The van der Waals surface area contributed by atoms with E-state index in [9.17, 15) is 9.59 Å². The largest absolute Gasteiger partial charge is 0.480 e. The summed E-state index contributed by atoms with van der Waals surface area (Å²) in [6, 6.07) is 8.90. The summed E-state index contributed by atoms with van der Waals surface area (Å²) < 4.78 is 1.81. The Morgan fingerprint density at radius 3 is 2.83 bits per heavy atom. The van der Waals surface area contributed by atoms with E-state index in [1.54, 1.807) is 37.4 Å². The fourth-order valence-electron chi connectivity index (χ4n) is 1.97. The summed E-state index contributed by atoms with van der Waals surface area (Å²) in [7, 11) is 0. The Bertz CT molecular complexity index is 658. The number of rotatable bonds is 8. The second-order valence-corrected chi connectivity index (χ2v) is 6.36. The molecule has 0 saturated carbocycles. The van der Waals surface area contributed by atoms with Crippen LogP contribution in [0.1, 0.15) is 23.7 Å². The van der Waals surface area contributed by atoms with Crippen LogP contribution in [0.2, 0.25) is 0 Å². The van der Waals surface area contributed by atoms with Gasteiger partial charge in [-0.3, -0.25) is 14.3 Å². The van der Waals surface area contributed by atoms with Gasteiger partial charge < -0.3 is 10.4 Å². The van der Waals surface area contributed by atoms with Gasteiger partial charge in [0.1, 0.15) is 5.25 Å². The second kappa shape index (κ2) is 8.38. The number of thioether (sulfide) groups is 1.